The van der Waals surface area contributed by atoms with E-state index in [-0.39, 0.29) is 34.2 Å². The predicted molar refractivity (Wildman–Crippen MR) is 121 cm³/mol. The fraction of sp³-hybridized carbons (Fsp3) is 0.316. The third kappa shape index (κ3) is 4.23. The zero-order chi connectivity index (χ0) is 22.5. The van der Waals surface area contributed by atoms with Gasteiger partial charge in [-0.05, 0) is 31.0 Å². The molecule has 1 amide bonds. The minimum Gasteiger partial charge on any atom is -0.353 e. The number of nitrogens with one attached hydrogen (secondary N) is 3. The standard InChI is InChI=1S/C19H21ClN6O4S/c1-25-19(28)16-13(9-15(22-17(16)24-25)23-18(27)10-4-5-10)21-12-7-6-11(20)8-14(12)26(2)31(3,29)30/h6-10H,4-5H2,1-3H3,(H3,21,22,23,24,27). The number of sulfonamides is 1. The molecule has 3 N–H and O–H groups in total. The highest BCUT2D eigenvalue weighted by Crippen LogP contribution is 2.35. The van der Waals surface area contributed by atoms with E-state index in [0.29, 0.717) is 22.1 Å². The first-order valence-electron chi connectivity index (χ1n) is 9.45. The van der Waals surface area contributed by atoms with Crippen molar-refractivity contribution in [3.8, 4) is 0 Å². The van der Waals surface area contributed by atoms with Crippen molar-refractivity contribution in [1.82, 2.24) is 14.8 Å². The summed E-state index contributed by atoms with van der Waals surface area (Å²) in [6, 6.07) is 6.28. The van der Waals surface area contributed by atoms with Gasteiger partial charge >= 0.3 is 0 Å². The number of amides is 1. The second-order valence-electron chi connectivity index (χ2n) is 7.54. The molecule has 12 heteroatoms. The Morgan fingerprint density at radius 2 is 2.00 bits per heavy atom. The second-order valence-corrected chi connectivity index (χ2v) is 9.99. The summed E-state index contributed by atoms with van der Waals surface area (Å²) >= 11 is 6.09. The summed E-state index contributed by atoms with van der Waals surface area (Å²) in [7, 11) is -0.603. The minimum atomic E-state index is -3.57. The number of aromatic nitrogens is 3. The van der Waals surface area contributed by atoms with E-state index in [9.17, 15) is 18.0 Å². The number of H-pyrrole nitrogens is 1. The molecule has 2 heterocycles. The molecule has 2 aromatic heterocycles. The Hall–Kier alpha value is -3.05. The van der Waals surface area contributed by atoms with E-state index in [2.05, 4.69) is 20.7 Å². The van der Waals surface area contributed by atoms with Gasteiger partial charge in [0, 0.05) is 31.1 Å². The van der Waals surface area contributed by atoms with Crippen molar-refractivity contribution >= 4 is 61.4 Å². The molecular weight excluding hydrogens is 444 g/mol. The van der Waals surface area contributed by atoms with Crippen molar-refractivity contribution < 1.29 is 13.2 Å². The van der Waals surface area contributed by atoms with Crippen LogP contribution in [-0.4, -0.2) is 42.4 Å². The predicted octanol–water partition coefficient (Wildman–Crippen LogP) is 2.40. The van der Waals surface area contributed by atoms with Crippen molar-refractivity contribution in [3.63, 3.8) is 0 Å². The molecule has 3 aromatic rings. The first-order chi connectivity index (χ1) is 14.5. The molecule has 0 aliphatic heterocycles. The lowest BCUT2D eigenvalue weighted by molar-refractivity contribution is -0.117. The van der Waals surface area contributed by atoms with Gasteiger partial charge in [0.1, 0.15) is 11.2 Å². The summed E-state index contributed by atoms with van der Waals surface area (Å²) in [6.45, 7) is 0. The molecule has 1 saturated carbocycles. The van der Waals surface area contributed by atoms with Gasteiger partial charge in [0.05, 0.1) is 23.3 Å². The topological polar surface area (TPSA) is 129 Å². The fourth-order valence-electron chi connectivity index (χ4n) is 3.15. The average Bonchev–Trinajstić information content (AvgIpc) is 3.49. The normalized spacial score (nSPS) is 13.9. The van der Waals surface area contributed by atoms with Crippen molar-refractivity contribution in [3.05, 3.63) is 39.6 Å². The Morgan fingerprint density at radius 1 is 1.29 bits per heavy atom. The lowest BCUT2D eigenvalue weighted by atomic mass is 10.2. The first-order valence-corrected chi connectivity index (χ1v) is 11.7. The van der Waals surface area contributed by atoms with Gasteiger partial charge in [-0.3, -0.25) is 23.7 Å². The van der Waals surface area contributed by atoms with Crippen LogP contribution in [0.15, 0.2) is 29.1 Å². The van der Waals surface area contributed by atoms with Gasteiger partial charge in [0.15, 0.2) is 5.65 Å². The van der Waals surface area contributed by atoms with E-state index in [1.165, 1.54) is 17.8 Å². The van der Waals surface area contributed by atoms with Crippen LogP contribution in [0.4, 0.5) is 22.9 Å². The molecule has 4 rings (SSSR count). The van der Waals surface area contributed by atoms with Crippen LogP contribution >= 0.6 is 11.6 Å². The number of rotatable bonds is 6. The van der Waals surface area contributed by atoms with Crippen LogP contribution in [0.1, 0.15) is 12.8 Å². The molecule has 0 saturated heterocycles. The Morgan fingerprint density at radius 3 is 2.65 bits per heavy atom. The molecule has 10 nitrogen and oxygen atoms in total. The maximum atomic E-state index is 12.7. The Balaban J connectivity index is 1.82. The van der Waals surface area contributed by atoms with E-state index in [1.54, 1.807) is 25.2 Å². The summed E-state index contributed by atoms with van der Waals surface area (Å²) in [5.74, 6) is 0.135. The monoisotopic (exact) mass is 464 g/mol. The summed E-state index contributed by atoms with van der Waals surface area (Å²) in [5.41, 5.74) is 1.04. The third-order valence-electron chi connectivity index (χ3n) is 5.08. The fourth-order valence-corrected chi connectivity index (χ4v) is 3.83. The van der Waals surface area contributed by atoms with Crippen LogP contribution in [0.5, 0.6) is 0 Å². The highest BCUT2D eigenvalue weighted by molar-refractivity contribution is 7.92. The third-order valence-corrected chi connectivity index (χ3v) is 6.50. The van der Waals surface area contributed by atoms with Crippen molar-refractivity contribution in [2.75, 3.05) is 28.2 Å². The Kier molecular flexibility index (Phi) is 5.18. The Labute approximate surface area is 183 Å². The molecule has 0 atom stereocenters. The van der Waals surface area contributed by atoms with Crippen LogP contribution in [0.3, 0.4) is 0 Å². The van der Waals surface area contributed by atoms with Crippen LogP contribution in [-0.2, 0) is 21.9 Å². The van der Waals surface area contributed by atoms with E-state index in [0.717, 1.165) is 23.4 Å². The van der Waals surface area contributed by atoms with Gasteiger partial charge in [-0.2, -0.15) is 0 Å². The summed E-state index contributed by atoms with van der Waals surface area (Å²) in [5, 5.41) is 9.37. The quantitative estimate of drug-likeness (QED) is 0.513. The average molecular weight is 465 g/mol. The zero-order valence-electron chi connectivity index (χ0n) is 17.1. The van der Waals surface area contributed by atoms with Crippen LogP contribution in [0.25, 0.3) is 11.0 Å². The van der Waals surface area contributed by atoms with Gasteiger partial charge in [-0.15, -0.1) is 0 Å². The van der Waals surface area contributed by atoms with E-state index >= 15 is 0 Å². The number of fused-ring (bicyclic) bond motifs is 1. The summed E-state index contributed by atoms with van der Waals surface area (Å²) in [6.07, 6.45) is 2.76. The van der Waals surface area contributed by atoms with Crippen LogP contribution < -0.4 is 20.5 Å². The van der Waals surface area contributed by atoms with Crippen molar-refractivity contribution in [1.29, 1.82) is 0 Å². The maximum Gasteiger partial charge on any atom is 0.277 e. The molecule has 0 spiro atoms. The SMILES string of the molecule is CN(c1cc(Cl)ccc1Nc1cc(NC(=O)C2CC2)nc2[nH]n(C)c(=O)c12)S(C)(=O)=O. The van der Waals surface area contributed by atoms with Crippen molar-refractivity contribution in [2.24, 2.45) is 13.0 Å². The smallest absolute Gasteiger partial charge is 0.277 e. The van der Waals surface area contributed by atoms with Gasteiger partial charge < -0.3 is 10.6 Å². The molecule has 0 unspecified atom stereocenters. The van der Waals surface area contributed by atoms with Gasteiger partial charge in [-0.25, -0.2) is 13.4 Å². The maximum absolute atomic E-state index is 12.7. The number of aryl methyl sites for hydroxylation is 1. The number of aromatic amines is 1. The molecule has 0 radical (unpaired) electrons. The van der Waals surface area contributed by atoms with E-state index in [1.807, 2.05) is 0 Å². The van der Waals surface area contributed by atoms with Gasteiger partial charge in [0.2, 0.25) is 15.9 Å². The minimum absolute atomic E-state index is 0.0185. The second kappa shape index (κ2) is 7.57. The number of hydrogen-bond acceptors (Lipinski definition) is 6. The number of carbonyl (C=O) groups excluding carboxylic acids is 1. The van der Waals surface area contributed by atoms with Crippen molar-refractivity contribution in [2.45, 2.75) is 12.8 Å². The van der Waals surface area contributed by atoms with Crippen LogP contribution in [0.2, 0.25) is 5.02 Å². The molecule has 1 fully saturated rings. The summed E-state index contributed by atoms with van der Waals surface area (Å²) in [4.78, 5) is 29.2. The molecule has 1 aliphatic rings. The lowest BCUT2D eigenvalue weighted by Gasteiger charge is -2.21. The number of pyridine rings is 1. The number of halogens is 1. The highest BCUT2D eigenvalue weighted by atomic mass is 35.5. The molecular formula is C19H21ClN6O4S. The largest absolute Gasteiger partial charge is 0.353 e. The zero-order valence-corrected chi connectivity index (χ0v) is 18.6. The first kappa shape index (κ1) is 21.2. The van der Waals surface area contributed by atoms with Gasteiger partial charge in [-0.1, -0.05) is 11.6 Å². The number of hydrogen-bond donors (Lipinski definition) is 3. The highest BCUT2D eigenvalue weighted by Gasteiger charge is 2.30. The lowest BCUT2D eigenvalue weighted by Crippen LogP contribution is -2.25. The van der Waals surface area contributed by atoms with Crippen LogP contribution in [0, 0.1) is 5.92 Å². The number of carbonyl (C=O) groups is 1. The molecule has 1 aromatic carbocycles. The molecule has 31 heavy (non-hydrogen) atoms. The van der Waals surface area contributed by atoms with Gasteiger partial charge in [0.25, 0.3) is 5.56 Å². The van der Waals surface area contributed by atoms with E-state index < -0.39 is 10.0 Å². The van der Waals surface area contributed by atoms with E-state index in [4.69, 9.17) is 11.6 Å². The molecule has 1 aliphatic carbocycles. The summed E-state index contributed by atoms with van der Waals surface area (Å²) < 4.78 is 26.6. The molecule has 164 valence electrons. The molecule has 0 bridgehead atoms. The number of nitrogens with zero attached hydrogens (tertiary/aromatic N) is 3. The number of benzene rings is 1. The Bertz CT molecular complexity index is 1360. The number of anilines is 4.